The van der Waals surface area contributed by atoms with Crippen molar-refractivity contribution in [2.45, 2.75) is 52.3 Å². The molecule has 1 unspecified atom stereocenters. The van der Waals surface area contributed by atoms with E-state index in [4.69, 9.17) is 9.73 Å². The van der Waals surface area contributed by atoms with E-state index in [1.165, 1.54) is 11.1 Å². The quantitative estimate of drug-likeness (QED) is 0.406. The Bertz CT molecular complexity index is 713. The molecule has 2 aliphatic rings. The van der Waals surface area contributed by atoms with E-state index in [1.54, 1.807) is 0 Å². The summed E-state index contributed by atoms with van der Waals surface area (Å²) in [6, 6.07) is 4.67. The summed E-state index contributed by atoms with van der Waals surface area (Å²) in [4.78, 5) is 14.2. The van der Waals surface area contributed by atoms with E-state index < -0.39 is 0 Å². The van der Waals surface area contributed by atoms with Crippen LogP contribution < -0.4 is 15.5 Å². The van der Waals surface area contributed by atoms with Crippen molar-refractivity contribution < 1.29 is 4.74 Å². The summed E-state index contributed by atoms with van der Waals surface area (Å²) >= 11 is 0. The van der Waals surface area contributed by atoms with Crippen LogP contribution in [0.25, 0.3) is 0 Å². The fraction of sp³-hybridized carbons (Fsp3) is 0.652. The van der Waals surface area contributed by atoms with Crippen LogP contribution in [0.1, 0.15) is 39.2 Å². The van der Waals surface area contributed by atoms with E-state index in [2.05, 4.69) is 64.9 Å². The second-order valence-electron chi connectivity index (χ2n) is 8.50. The van der Waals surface area contributed by atoms with Gasteiger partial charge in [0.05, 0.1) is 19.3 Å². The zero-order valence-corrected chi connectivity index (χ0v) is 18.9. The van der Waals surface area contributed by atoms with Crippen LogP contribution in [0.15, 0.2) is 35.5 Å². The Labute approximate surface area is 181 Å². The smallest absolute Gasteiger partial charge is 0.191 e. The van der Waals surface area contributed by atoms with E-state index in [0.29, 0.717) is 12.6 Å². The van der Waals surface area contributed by atoms with Crippen molar-refractivity contribution in [2.24, 2.45) is 4.99 Å². The lowest BCUT2D eigenvalue weighted by atomic mass is 10.0. The molecule has 0 aliphatic carbocycles. The number of morpholine rings is 1. The highest BCUT2D eigenvalue weighted by Crippen LogP contribution is 2.17. The second-order valence-corrected chi connectivity index (χ2v) is 8.50. The van der Waals surface area contributed by atoms with Crippen molar-refractivity contribution in [3.8, 4) is 0 Å². The van der Waals surface area contributed by atoms with Crippen molar-refractivity contribution in [1.29, 1.82) is 0 Å². The van der Waals surface area contributed by atoms with Gasteiger partial charge in [0, 0.05) is 51.5 Å². The number of piperidine rings is 1. The maximum absolute atomic E-state index is 5.65. The highest BCUT2D eigenvalue weighted by atomic mass is 16.5. The van der Waals surface area contributed by atoms with Gasteiger partial charge in [-0.25, -0.2) is 9.98 Å². The molecule has 7 heteroatoms. The fourth-order valence-corrected chi connectivity index (χ4v) is 4.06. The van der Waals surface area contributed by atoms with Crippen LogP contribution in [0.5, 0.6) is 0 Å². The van der Waals surface area contributed by atoms with Gasteiger partial charge in [0.2, 0.25) is 0 Å². The molecule has 3 rings (SSSR count). The Kier molecular flexibility index (Phi) is 8.51. The Balaban J connectivity index is 1.56. The first-order valence-electron chi connectivity index (χ1n) is 11.3. The third kappa shape index (κ3) is 6.99. The third-order valence-electron chi connectivity index (χ3n) is 5.56. The minimum atomic E-state index is 0.244. The van der Waals surface area contributed by atoms with Gasteiger partial charge >= 0.3 is 0 Å². The number of hydrogen-bond donors (Lipinski definition) is 2. The summed E-state index contributed by atoms with van der Waals surface area (Å²) in [6.07, 6.45) is 4.39. The number of nitrogens with one attached hydrogen (secondary N) is 2. The summed E-state index contributed by atoms with van der Waals surface area (Å²) in [5, 5.41) is 7.03. The summed E-state index contributed by atoms with van der Waals surface area (Å²) in [7, 11) is 0. The maximum atomic E-state index is 5.65. The topological polar surface area (TPSA) is 65.0 Å². The highest BCUT2D eigenvalue weighted by molar-refractivity contribution is 5.80. The van der Waals surface area contributed by atoms with Gasteiger partial charge in [0.25, 0.3) is 0 Å². The summed E-state index contributed by atoms with van der Waals surface area (Å²) < 4.78 is 5.65. The van der Waals surface area contributed by atoms with Crippen LogP contribution in [0, 0.1) is 0 Å². The molecule has 0 radical (unpaired) electrons. The molecule has 0 aromatic carbocycles. The number of aliphatic imine (C=N–C) groups is 1. The molecule has 0 saturated carbocycles. The lowest BCUT2D eigenvalue weighted by molar-refractivity contribution is 0.0529. The fourth-order valence-electron chi connectivity index (χ4n) is 4.06. The van der Waals surface area contributed by atoms with Crippen molar-refractivity contribution in [1.82, 2.24) is 20.5 Å². The predicted octanol–water partition coefficient (Wildman–Crippen LogP) is 2.40. The van der Waals surface area contributed by atoms with E-state index in [9.17, 15) is 0 Å². The first kappa shape index (κ1) is 22.6. The van der Waals surface area contributed by atoms with Gasteiger partial charge in [-0.1, -0.05) is 12.2 Å². The second kappa shape index (κ2) is 11.3. The van der Waals surface area contributed by atoms with Crippen LogP contribution in [0.2, 0.25) is 0 Å². The first-order chi connectivity index (χ1) is 14.5. The van der Waals surface area contributed by atoms with Gasteiger partial charge in [-0.15, -0.1) is 0 Å². The van der Waals surface area contributed by atoms with Crippen LogP contribution in [-0.4, -0.2) is 73.9 Å². The average Bonchev–Trinajstić information content (AvgIpc) is 2.73. The molecule has 2 N–H and O–H groups in total. The summed E-state index contributed by atoms with van der Waals surface area (Å²) in [6.45, 7) is 17.6. The van der Waals surface area contributed by atoms with Gasteiger partial charge in [-0.2, -0.15) is 0 Å². The molecule has 30 heavy (non-hydrogen) atoms. The SMILES string of the molecule is C=C(C)CN1CCC(NC(=NCc2ccnc(N3CCOC(C)C3)c2)NCC)CC1. The number of anilines is 1. The highest BCUT2D eigenvalue weighted by Gasteiger charge is 2.20. The van der Waals surface area contributed by atoms with Crippen molar-refractivity contribution in [2.75, 3.05) is 50.8 Å². The Morgan fingerprint density at radius 3 is 2.83 bits per heavy atom. The van der Waals surface area contributed by atoms with Gasteiger partial charge in [0.1, 0.15) is 5.82 Å². The zero-order valence-electron chi connectivity index (χ0n) is 18.9. The number of ether oxygens (including phenoxy) is 1. The minimum Gasteiger partial charge on any atom is -0.375 e. The molecule has 166 valence electrons. The van der Waals surface area contributed by atoms with Crippen molar-refractivity contribution >= 4 is 11.8 Å². The van der Waals surface area contributed by atoms with Gasteiger partial charge in [-0.05, 0) is 51.3 Å². The number of aromatic nitrogens is 1. The third-order valence-corrected chi connectivity index (χ3v) is 5.56. The number of guanidine groups is 1. The van der Waals surface area contributed by atoms with Crippen LogP contribution in [0.3, 0.4) is 0 Å². The number of pyridine rings is 1. The van der Waals surface area contributed by atoms with Crippen molar-refractivity contribution in [3.63, 3.8) is 0 Å². The van der Waals surface area contributed by atoms with E-state index in [0.717, 1.165) is 70.5 Å². The van der Waals surface area contributed by atoms with Crippen LogP contribution >= 0.6 is 0 Å². The van der Waals surface area contributed by atoms with Gasteiger partial charge in [-0.3, -0.25) is 4.90 Å². The van der Waals surface area contributed by atoms with Crippen molar-refractivity contribution in [3.05, 3.63) is 36.0 Å². The number of hydrogen-bond acceptors (Lipinski definition) is 5. The number of nitrogens with zero attached hydrogens (tertiary/aromatic N) is 4. The molecule has 1 aromatic rings. The monoisotopic (exact) mass is 414 g/mol. The molecule has 2 aliphatic heterocycles. The standard InChI is InChI=1S/C23H38N6O/c1-5-24-23(27-21-7-10-28(11-8-21)16-18(2)3)26-15-20-6-9-25-22(14-20)29-12-13-30-19(4)17-29/h6,9,14,19,21H,2,5,7-8,10-13,15-17H2,1,3-4H3,(H2,24,26,27). The van der Waals surface area contributed by atoms with Crippen LogP contribution in [-0.2, 0) is 11.3 Å². The van der Waals surface area contributed by atoms with E-state index >= 15 is 0 Å². The van der Waals surface area contributed by atoms with Gasteiger partial charge < -0.3 is 20.3 Å². The lowest BCUT2D eigenvalue weighted by Crippen LogP contribution is -2.48. The average molecular weight is 415 g/mol. The Hall–Kier alpha value is -2.12. The molecule has 1 atom stereocenters. The number of likely N-dealkylation sites (tertiary alicyclic amines) is 1. The molecule has 0 bridgehead atoms. The van der Waals surface area contributed by atoms with Gasteiger partial charge in [0.15, 0.2) is 5.96 Å². The predicted molar refractivity (Wildman–Crippen MR) is 124 cm³/mol. The summed E-state index contributed by atoms with van der Waals surface area (Å²) in [5.74, 6) is 1.91. The largest absolute Gasteiger partial charge is 0.375 e. The number of rotatable bonds is 7. The maximum Gasteiger partial charge on any atom is 0.191 e. The van der Waals surface area contributed by atoms with Crippen LogP contribution in [0.4, 0.5) is 5.82 Å². The molecule has 2 saturated heterocycles. The summed E-state index contributed by atoms with van der Waals surface area (Å²) in [5.41, 5.74) is 2.41. The van der Waals surface area contributed by atoms with E-state index in [-0.39, 0.29) is 6.10 Å². The lowest BCUT2D eigenvalue weighted by Gasteiger charge is -2.33. The molecule has 2 fully saturated rings. The first-order valence-corrected chi connectivity index (χ1v) is 11.3. The molecule has 3 heterocycles. The molecule has 7 nitrogen and oxygen atoms in total. The Morgan fingerprint density at radius 1 is 1.33 bits per heavy atom. The minimum absolute atomic E-state index is 0.244. The molecular weight excluding hydrogens is 376 g/mol. The molecular formula is C23H38N6O. The zero-order chi connectivity index (χ0) is 21.3. The molecule has 0 spiro atoms. The molecule has 1 aromatic heterocycles. The Morgan fingerprint density at radius 2 is 2.13 bits per heavy atom. The van der Waals surface area contributed by atoms with E-state index in [1.807, 2.05) is 6.20 Å². The molecule has 0 amide bonds. The normalized spacial score (nSPS) is 21.5.